The maximum atomic E-state index is 12.5. The van der Waals surface area contributed by atoms with E-state index in [1.165, 1.54) is 12.8 Å². The maximum absolute atomic E-state index is 12.5. The summed E-state index contributed by atoms with van der Waals surface area (Å²) in [4.78, 5) is 14.7. The summed E-state index contributed by atoms with van der Waals surface area (Å²) in [5.74, 6) is 2.70. The molecule has 0 saturated heterocycles. The zero-order valence-electron chi connectivity index (χ0n) is 15.2. The molecule has 1 saturated carbocycles. The van der Waals surface area contributed by atoms with Gasteiger partial charge in [-0.2, -0.15) is 5.10 Å². The van der Waals surface area contributed by atoms with Crippen molar-refractivity contribution < 1.29 is 4.79 Å². The molecule has 0 bridgehead atoms. The van der Waals surface area contributed by atoms with Gasteiger partial charge < -0.3 is 5.32 Å². The van der Waals surface area contributed by atoms with E-state index in [1.807, 2.05) is 10.7 Å². The zero-order chi connectivity index (χ0) is 17.0. The topological polar surface area (TPSA) is 50.2 Å². The summed E-state index contributed by atoms with van der Waals surface area (Å²) in [6.45, 7) is 13.3. The van der Waals surface area contributed by atoms with Crippen LogP contribution in [0.4, 0.5) is 5.82 Å². The largest absolute Gasteiger partial charge is 0.310 e. The summed E-state index contributed by atoms with van der Waals surface area (Å²) in [5, 5.41) is 7.45. The van der Waals surface area contributed by atoms with Crippen molar-refractivity contribution in [1.29, 1.82) is 0 Å². The molecule has 1 aliphatic rings. The van der Waals surface area contributed by atoms with Crippen molar-refractivity contribution in [3.8, 4) is 0 Å². The molecule has 1 aromatic heterocycles. The van der Waals surface area contributed by atoms with Crippen LogP contribution in [0, 0.1) is 17.8 Å². The lowest BCUT2D eigenvalue weighted by atomic mass is 10.1. The van der Waals surface area contributed by atoms with Crippen LogP contribution in [0.15, 0.2) is 12.3 Å². The van der Waals surface area contributed by atoms with Crippen molar-refractivity contribution >= 4 is 11.7 Å². The van der Waals surface area contributed by atoms with Gasteiger partial charge in [0.1, 0.15) is 5.82 Å². The lowest BCUT2D eigenvalue weighted by Crippen LogP contribution is -2.38. The third kappa shape index (κ3) is 5.65. The molecule has 130 valence electrons. The van der Waals surface area contributed by atoms with Crippen molar-refractivity contribution in [2.45, 2.75) is 53.5 Å². The number of hydrogen-bond acceptors (Lipinski definition) is 3. The van der Waals surface area contributed by atoms with E-state index < -0.39 is 0 Å². The third-order valence-electron chi connectivity index (χ3n) is 4.24. The van der Waals surface area contributed by atoms with E-state index >= 15 is 0 Å². The van der Waals surface area contributed by atoms with Gasteiger partial charge in [-0.25, -0.2) is 4.68 Å². The summed E-state index contributed by atoms with van der Waals surface area (Å²) < 4.78 is 1.96. The molecule has 5 heteroatoms. The molecule has 0 aromatic carbocycles. The molecule has 2 rings (SSSR count). The first-order chi connectivity index (χ1) is 10.9. The highest BCUT2D eigenvalue weighted by Gasteiger charge is 2.30. The van der Waals surface area contributed by atoms with E-state index in [0.29, 0.717) is 30.3 Å². The van der Waals surface area contributed by atoms with E-state index in [9.17, 15) is 4.79 Å². The summed E-state index contributed by atoms with van der Waals surface area (Å²) in [5.41, 5.74) is 0. The lowest BCUT2D eigenvalue weighted by Gasteiger charge is -2.25. The smallest absolute Gasteiger partial charge is 0.239 e. The first kappa shape index (κ1) is 18.0. The molecule has 1 N–H and O–H groups in total. The molecule has 0 spiro atoms. The van der Waals surface area contributed by atoms with Gasteiger partial charge in [0, 0.05) is 19.2 Å². The number of hydrogen-bond donors (Lipinski definition) is 1. The van der Waals surface area contributed by atoms with Gasteiger partial charge in [0.15, 0.2) is 0 Å². The molecule has 1 fully saturated rings. The molecule has 0 aliphatic heterocycles. The predicted octanol–water partition coefficient (Wildman–Crippen LogP) is 3.41. The van der Waals surface area contributed by atoms with Crippen LogP contribution < -0.4 is 5.32 Å². The Kier molecular flexibility index (Phi) is 6.22. The standard InChI is InChI=1S/C18H32N4O/c1-13(2)10-21(11-14(3)4)12-18(23)20-17-8-9-19-22(17)15(5)16-6-7-16/h8-9,13-16H,6-7,10-12H2,1-5H3,(H,20,23). The fourth-order valence-corrected chi connectivity index (χ4v) is 3.14. The zero-order valence-corrected chi connectivity index (χ0v) is 15.2. The number of amides is 1. The van der Waals surface area contributed by atoms with Crippen LogP contribution in [0.3, 0.4) is 0 Å². The van der Waals surface area contributed by atoms with Crippen LogP contribution >= 0.6 is 0 Å². The Morgan fingerprint density at radius 3 is 2.39 bits per heavy atom. The van der Waals surface area contributed by atoms with Crippen molar-refractivity contribution in [3.05, 3.63) is 12.3 Å². The lowest BCUT2D eigenvalue weighted by molar-refractivity contribution is -0.117. The molecular formula is C18H32N4O. The second-order valence-electron chi connectivity index (χ2n) is 7.77. The summed E-state index contributed by atoms with van der Waals surface area (Å²) in [6.07, 6.45) is 4.31. The highest BCUT2D eigenvalue weighted by Crippen LogP contribution is 2.40. The average Bonchev–Trinajstić information content (AvgIpc) is 3.17. The molecule has 1 amide bonds. The number of carbonyl (C=O) groups excluding carboxylic acids is 1. The molecule has 1 atom stereocenters. The minimum absolute atomic E-state index is 0.0519. The van der Waals surface area contributed by atoms with Crippen LogP contribution in [-0.2, 0) is 4.79 Å². The second kappa shape index (κ2) is 7.95. The van der Waals surface area contributed by atoms with E-state index in [0.717, 1.165) is 18.9 Å². The first-order valence-corrected chi connectivity index (χ1v) is 8.92. The Morgan fingerprint density at radius 2 is 1.87 bits per heavy atom. The van der Waals surface area contributed by atoms with Gasteiger partial charge in [0.05, 0.1) is 18.8 Å². The Labute approximate surface area is 140 Å². The highest BCUT2D eigenvalue weighted by molar-refractivity contribution is 5.91. The number of anilines is 1. The van der Waals surface area contributed by atoms with Crippen molar-refractivity contribution in [3.63, 3.8) is 0 Å². The van der Waals surface area contributed by atoms with Crippen molar-refractivity contribution in [2.75, 3.05) is 25.0 Å². The molecule has 1 unspecified atom stereocenters. The first-order valence-electron chi connectivity index (χ1n) is 8.92. The predicted molar refractivity (Wildman–Crippen MR) is 94.4 cm³/mol. The van der Waals surface area contributed by atoms with Gasteiger partial charge in [-0.05, 0) is 37.5 Å². The van der Waals surface area contributed by atoms with Gasteiger partial charge in [0.25, 0.3) is 0 Å². The minimum atomic E-state index is 0.0519. The fourth-order valence-electron chi connectivity index (χ4n) is 3.14. The van der Waals surface area contributed by atoms with Gasteiger partial charge in [0.2, 0.25) is 5.91 Å². The van der Waals surface area contributed by atoms with Crippen LogP contribution in [0.1, 0.15) is 53.5 Å². The Hall–Kier alpha value is -1.36. The quantitative estimate of drug-likeness (QED) is 0.758. The number of carbonyl (C=O) groups is 1. The average molecular weight is 320 g/mol. The molecular weight excluding hydrogens is 288 g/mol. The number of nitrogens with one attached hydrogen (secondary N) is 1. The van der Waals surface area contributed by atoms with Crippen LogP contribution in [0.25, 0.3) is 0 Å². The number of rotatable bonds is 9. The van der Waals surface area contributed by atoms with Gasteiger partial charge in [-0.15, -0.1) is 0 Å². The van der Waals surface area contributed by atoms with Gasteiger partial charge in [-0.1, -0.05) is 27.7 Å². The van der Waals surface area contributed by atoms with Crippen molar-refractivity contribution in [1.82, 2.24) is 14.7 Å². The second-order valence-corrected chi connectivity index (χ2v) is 7.77. The highest BCUT2D eigenvalue weighted by atomic mass is 16.2. The van der Waals surface area contributed by atoms with Crippen LogP contribution in [-0.4, -0.2) is 40.2 Å². The molecule has 1 aromatic rings. The number of aromatic nitrogens is 2. The molecule has 1 heterocycles. The Bertz CT molecular complexity index is 495. The van der Waals surface area contributed by atoms with Crippen LogP contribution in [0.5, 0.6) is 0 Å². The van der Waals surface area contributed by atoms with E-state index in [4.69, 9.17) is 0 Å². The Balaban J connectivity index is 1.93. The van der Waals surface area contributed by atoms with Gasteiger partial charge in [-0.3, -0.25) is 9.69 Å². The van der Waals surface area contributed by atoms with Crippen LogP contribution in [0.2, 0.25) is 0 Å². The van der Waals surface area contributed by atoms with Crippen molar-refractivity contribution in [2.24, 2.45) is 17.8 Å². The fraction of sp³-hybridized carbons (Fsp3) is 0.778. The molecule has 1 aliphatic carbocycles. The van der Waals surface area contributed by atoms with E-state index in [2.05, 4.69) is 49.9 Å². The summed E-state index contributed by atoms with van der Waals surface area (Å²) in [6, 6.07) is 2.26. The normalized spacial score (nSPS) is 16.3. The van der Waals surface area contributed by atoms with E-state index in [1.54, 1.807) is 6.20 Å². The number of nitrogens with zero attached hydrogens (tertiary/aromatic N) is 3. The molecule has 0 radical (unpaired) electrons. The molecule has 23 heavy (non-hydrogen) atoms. The van der Waals surface area contributed by atoms with Gasteiger partial charge >= 0.3 is 0 Å². The monoisotopic (exact) mass is 320 g/mol. The maximum Gasteiger partial charge on any atom is 0.239 e. The summed E-state index contributed by atoms with van der Waals surface area (Å²) in [7, 11) is 0. The third-order valence-corrected chi connectivity index (χ3v) is 4.24. The minimum Gasteiger partial charge on any atom is -0.310 e. The van der Waals surface area contributed by atoms with E-state index in [-0.39, 0.29) is 5.91 Å². The summed E-state index contributed by atoms with van der Waals surface area (Å²) >= 11 is 0. The Morgan fingerprint density at radius 1 is 1.26 bits per heavy atom. The molecule has 5 nitrogen and oxygen atoms in total. The SMILES string of the molecule is CC(C)CN(CC(=O)Nc1ccnn1C(C)C1CC1)CC(C)C.